The quantitative estimate of drug-likeness (QED) is 0.0373. The summed E-state index contributed by atoms with van der Waals surface area (Å²) in [5, 5.41) is 0. The predicted octanol–water partition coefficient (Wildman–Crippen LogP) is 21.7. The first-order chi connectivity index (χ1) is 35.6. The fourth-order valence-electron chi connectivity index (χ4n) is 10.7. The molecule has 0 saturated carbocycles. The zero-order valence-corrected chi connectivity index (χ0v) is 52.4. The van der Waals surface area contributed by atoms with Crippen LogP contribution in [0.3, 0.4) is 0 Å². The van der Waals surface area contributed by atoms with Crippen LogP contribution in [0.1, 0.15) is 349 Å². The van der Waals surface area contributed by atoms with E-state index < -0.39 is 8.80 Å². The molecule has 0 aromatic heterocycles. The molecule has 0 atom stereocenters. The average Bonchev–Trinajstić information content (AvgIpc) is 3.39. The molecule has 0 radical (unpaired) electrons. The zero-order chi connectivity index (χ0) is 52.2. The van der Waals surface area contributed by atoms with Crippen LogP contribution in [0.4, 0.5) is 0 Å². The number of nitrogens with zero attached hydrogens (tertiary/aromatic N) is 2. The van der Waals surface area contributed by atoms with Gasteiger partial charge in [-0.3, -0.25) is 0 Å². The van der Waals surface area contributed by atoms with E-state index in [2.05, 4.69) is 44.4 Å². The molecular formula is C65H136N2O3SSi. The van der Waals surface area contributed by atoms with E-state index in [0.29, 0.717) is 0 Å². The third-order valence-corrected chi connectivity index (χ3v) is 18.9. The summed E-state index contributed by atoms with van der Waals surface area (Å²) < 4.78 is 21.3. The summed E-state index contributed by atoms with van der Waals surface area (Å²) >= 11 is 4.74. The Morgan fingerprint density at radius 3 is 0.681 bits per heavy atom. The second kappa shape index (κ2) is 62.2. The van der Waals surface area contributed by atoms with Crippen LogP contribution in [0.2, 0.25) is 6.04 Å². The standard InChI is InChI=1S/C65H136N2O3SSi/c1-6-11-16-21-26-31-35-39-44-49-55-66(56-50-45-40-36-32-27-22-17-12-7-2)59-62-69-72(65-54-64-71,68-61-53-48-43-30-25-20-15-10-5)70-63-60-67(57-51-46-41-37-33-28-23-18-13-8-3)58-52-47-42-38-34-29-24-19-14-9-4/h71H,6-65H2,1-5H3. The minimum atomic E-state index is -2.90. The van der Waals surface area contributed by atoms with E-state index in [9.17, 15) is 0 Å². The lowest BCUT2D eigenvalue weighted by Gasteiger charge is -2.32. The van der Waals surface area contributed by atoms with Crippen molar-refractivity contribution >= 4 is 21.4 Å². The molecule has 0 aliphatic heterocycles. The van der Waals surface area contributed by atoms with E-state index in [1.807, 2.05) is 0 Å². The van der Waals surface area contributed by atoms with Gasteiger partial charge in [0.25, 0.3) is 0 Å². The van der Waals surface area contributed by atoms with Gasteiger partial charge in [-0.15, -0.1) is 0 Å². The molecule has 0 aliphatic carbocycles. The molecule has 434 valence electrons. The first-order valence-corrected chi connectivity index (χ1v) is 36.1. The van der Waals surface area contributed by atoms with Crippen LogP contribution in [0.15, 0.2) is 0 Å². The molecule has 0 N–H and O–H groups in total. The van der Waals surface area contributed by atoms with E-state index in [1.165, 1.54) is 328 Å². The fraction of sp³-hybridized carbons (Fsp3) is 1.00. The summed E-state index contributed by atoms with van der Waals surface area (Å²) in [6, 6.07) is 0.890. The van der Waals surface area contributed by atoms with Gasteiger partial charge in [0.15, 0.2) is 0 Å². The fourth-order valence-corrected chi connectivity index (χ4v) is 13.7. The Morgan fingerprint density at radius 2 is 0.444 bits per heavy atom. The highest BCUT2D eigenvalue weighted by Gasteiger charge is 2.41. The Balaban J connectivity index is 5.72. The van der Waals surface area contributed by atoms with E-state index in [0.717, 1.165) is 57.5 Å². The molecule has 5 nitrogen and oxygen atoms in total. The highest BCUT2D eigenvalue weighted by molar-refractivity contribution is 7.80. The molecule has 0 aromatic carbocycles. The lowest BCUT2D eigenvalue weighted by molar-refractivity contribution is 0.0428. The topological polar surface area (TPSA) is 34.2 Å². The van der Waals surface area contributed by atoms with Crippen LogP contribution in [0.25, 0.3) is 0 Å². The number of rotatable bonds is 65. The Hall–Kier alpha value is 0.367. The number of hydrogen-bond donors (Lipinski definition) is 1. The van der Waals surface area contributed by atoms with Gasteiger partial charge >= 0.3 is 8.80 Å². The molecule has 0 heterocycles. The average molecular weight is 1050 g/mol. The van der Waals surface area contributed by atoms with E-state index in [-0.39, 0.29) is 0 Å². The summed E-state index contributed by atoms with van der Waals surface area (Å²) in [5.74, 6) is 0.857. The zero-order valence-electron chi connectivity index (χ0n) is 50.5. The first-order valence-electron chi connectivity index (χ1n) is 33.6. The van der Waals surface area contributed by atoms with Crippen LogP contribution in [0, 0.1) is 0 Å². The van der Waals surface area contributed by atoms with Gasteiger partial charge in [0, 0.05) is 25.7 Å². The van der Waals surface area contributed by atoms with Crippen molar-refractivity contribution in [2.24, 2.45) is 0 Å². The molecule has 0 spiro atoms. The summed E-state index contributed by atoms with van der Waals surface area (Å²) in [7, 11) is -2.90. The minimum absolute atomic E-state index is 0.729. The Kier molecular flexibility index (Phi) is 62.5. The van der Waals surface area contributed by atoms with Gasteiger partial charge in [0.1, 0.15) is 0 Å². The van der Waals surface area contributed by atoms with Crippen molar-refractivity contribution in [1.82, 2.24) is 9.80 Å². The maximum Gasteiger partial charge on any atom is 0.501 e. The second-order valence-electron chi connectivity index (χ2n) is 22.9. The van der Waals surface area contributed by atoms with Gasteiger partial charge in [0.05, 0.1) is 13.2 Å². The van der Waals surface area contributed by atoms with Crippen molar-refractivity contribution < 1.29 is 13.3 Å². The molecular weight excluding hydrogens is 917 g/mol. The maximum atomic E-state index is 7.15. The van der Waals surface area contributed by atoms with Gasteiger partial charge in [-0.25, -0.2) is 0 Å². The molecule has 0 aliphatic rings. The summed E-state index contributed by atoms with van der Waals surface area (Å²) in [6.07, 6.45) is 67.3. The highest BCUT2D eigenvalue weighted by Crippen LogP contribution is 2.22. The number of thiol groups is 1. The van der Waals surface area contributed by atoms with Crippen LogP contribution < -0.4 is 0 Å². The molecule has 0 saturated heterocycles. The van der Waals surface area contributed by atoms with Crippen LogP contribution in [-0.4, -0.2) is 83.4 Å². The van der Waals surface area contributed by atoms with E-state index in [1.54, 1.807) is 0 Å². The van der Waals surface area contributed by atoms with Crippen molar-refractivity contribution in [3.8, 4) is 0 Å². The smallest absolute Gasteiger partial charge is 0.373 e. The second-order valence-corrected chi connectivity index (χ2v) is 26.1. The lowest BCUT2D eigenvalue weighted by atomic mass is 10.1. The van der Waals surface area contributed by atoms with Gasteiger partial charge in [-0.1, -0.05) is 311 Å². The molecule has 0 unspecified atom stereocenters. The number of unbranched alkanes of at least 4 members (excludes halogenated alkanes) is 43. The van der Waals surface area contributed by atoms with E-state index in [4.69, 9.17) is 25.9 Å². The Labute approximate surface area is 462 Å². The van der Waals surface area contributed by atoms with Gasteiger partial charge in [-0.05, 0) is 70.5 Å². The van der Waals surface area contributed by atoms with Crippen LogP contribution >= 0.6 is 12.6 Å². The summed E-state index contributed by atoms with van der Waals surface area (Å²) in [4.78, 5) is 5.51. The number of hydrogen-bond acceptors (Lipinski definition) is 6. The van der Waals surface area contributed by atoms with Crippen LogP contribution in [0.5, 0.6) is 0 Å². The summed E-state index contributed by atoms with van der Waals surface area (Å²) in [5.41, 5.74) is 0. The van der Waals surface area contributed by atoms with Crippen molar-refractivity contribution in [2.45, 2.75) is 355 Å². The van der Waals surface area contributed by atoms with Crippen molar-refractivity contribution in [1.29, 1.82) is 0 Å². The van der Waals surface area contributed by atoms with Crippen molar-refractivity contribution in [2.75, 3.05) is 64.8 Å². The molecule has 72 heavy (non-hydrogen) atoms. The van der Waals surface area contributed by atoms with Gasteiger partial charge in [0.2, 0.25) is 0 Å². The van der Waals surface area contributed by atoms with Gasteiger partial charge in [-0.2, -0.15) is 12.6 Å². The van der Waals surface area contributed by atoms with Crippen molar-refractivity contribution in [3.63, 3.8) is 0 Å². The van der Waals surface area contributed by atoms with Gasteiger partial charge < -0.3 is 23.1 Å². The molecule has 0 aromatic rings. The third kappa shape index (κ3) is 53.8. The van der Waals surface area contributed by atoms with Crippen molar-refractivity contribution in [3.05, 3.63) is 0 Å². The highest BCUT2D eigenvalue weighted by atomic mass is 32.1. The molecule has 0 fully saturated rings. The normalized spacial score (nSPS) is 12.2. The first kappa shape index (κ1) is 72.4. The molecule has 0 rings (SSSR count). The largest absolute Gasteiger partial charge is 0.501 e. The molecule has 0 bridgehead atoms. The Morgan fingerprint density at radius 1 is 0.236 bits per heavy atom. The minimum Gasteiger partial charge on any atom is -0.373 e. The Bertz CT molecular complexity index is 872. The third-order valence-electron chi connectivity index (χ3n) is 15.7. The van der Waals surface area contributed by atoms with E-state index >= 15 is 0 Å². The monoisotopic (exact) mass is 1050 g/mol. The SMILES string of the molecule is CCCCCCCCCCCCN(CCCCCCCCCCCC)CCO[Si](CCCS)(OCCCCCCCCCC)OCCN(CCCCCCCCCCCC)CCCCCCCCCCCC. The molecule has 0 amide bonds. The lowest BCUT2D eigenvalue weighted by Crippen LogP contribution is -2.49. The molecule has 7 heteroatoms. The maximum absolute atomic E-state index is 7.15. The summed E-state index contributed by atoms with van der Waals surface area (Å²) in [6.45, 7) is 20.6. The predicted molar refractivity (Wildman–Crippen MR) is 330 cm³/mol. The van der Waals surface area contributed by atoms with Crippen LogP contribution in [-0.2, 0) is 13.3 Å².